The minimum absolute atomic E-state index is 0.00517. The van der Waals surface area contributed by atoms with Crippen molar-refractivity contribution in [2.75, 3.05) is 11.9 Å². The van der Waals surface area contributed by atoms with Gasteiger partial charge >= 0.3 is 5.97 Å². The summed E-state index contributed by atoms with van der Waals surface area (Å²) in [6.45, 7) is -0.00517. The Kier molecular flexibility index (Phi) is 3.78. The molecule has 1 N–H and O–H groups in total. The molecule has 1 amide bonds. The van der Waals surface area contributed by atoms with Gasteiger partial charge in [0.1, 0.15) is 11.5 Å². The van der Waals surface area contributed by atoms with Crippen LogP contribution in [0.2, 0.25) is 0 Å². The number of halogens is 1. The number of fused-ring (bicyclic) bond motifs is 1. The van der Waals surface area contributed by atoms with Crippen LogP contribution in [0.1, 0.15) is 10.4 Å². The number of esters is 1. The first-order chi connectivity index (χ1) is 10.1. The van der Waals surface area contributed by atoms with Crippen molar-refractivity contribution in [2.45, 2.75) is 0 Å². The topological polar surface area (TPSA) is 64.6 Å². The minimum Gasteiger partial charge on any atom is -0.482 e. The van der Waals surface area contributed by atoms with Crippen molar-refractivity contribution in [1.82, 2.24) is 0 Å². The first kappa shape index (κ1) is 13.9. The zero-order chi connectivity index (χ0) is 14.8. The van der Waals surface area contributed by atoms with E-state index in [9.17, 15) is 9.59 Å². The van der Waals surface area contributed by atoms with E-state index in [1.165, 1.54) is 0 Å². The van der Waals surface area contributed by atoms with Gasteiger partial charge in [-0.3, -0.25) is 4.79 Å². The lowest BCUT2D eigenvalue weighted by molar-refractivity contribution is -0.118. The van der Waals surface area contributed by atoms with Crippen LogP contribution in [0.4, 0.5) is 5.69 Å². The lowest BCUT2D eigenvalue weighted by Crippen LogP contribution is -2.25. The van der Waals surface area contributed by atoms with Gasteiger partial charge in [-0.25, -0.2) is 4.79 Å². The van der Waals surface area contributed by atoms with E-state index in [4.69, 9.17) is 9.47 Å². The average molecular weight is 395 g/mol. The molecule has 0 saturated carbocycles. The van der Waals surface area contributed by atoms with Crippen LogP contribution in [0.25, 0.3) is 0 Å². The predicted octanol–water partition coefficient (Wildman–Crippen LogP) is 2.84. The molecule has 5 nitrogen and oxygen atoms in total. The van der Waals surface area contributed by atoms with Crippen molar-refractivity contribution >= 4 is 40.2 Å². The maximum absolute atomic E-state index is 12.0. The highest BCUT2D eigenvalue weighted by molar-refractivity contribution is 14.1. The molecule has 0 aromatic heterocycles. The van der Waals surface area contributed by atoms with Gasteiger partial charge in [0.25, 0.3) is 5.91 Å². The number of ether oxygens (including phenoxy) is 2. The SMILES string of the molecule is O=C1COc2ccc(OC(=O)c3ccc(I)cc3)cc2N1. The number of nitrogens with one attached hydrogen (secondary N) is 1. The van der Waals surface area contributed by atoms with Crippen molar-refractivity contribution in [3.05, 3.63) is 51.6 Å². The van der Waals surface area contributed by atoms with Crippen LogP contribution < -0.4 is 14.8 Å². The molecule has 2 aromatic carbocycles. The predicted molar refractivity (Wildman–Crippen MR) is 84.7 cm³/mol. The van der Waals surface area contributed by atoms with Crippen LogP contribution in [0, 0.1) is 3.57 Å². The quantitative estimate of drug-likeness (QED) is 0.483. The van der Waals surface area contributed by atoms with Gasteiger partial charge in [-0.2, -0.15) is 0 Å². The van der Waals surface area contributed by atoms with Gasteiger partial charge in [0.15, 0.2) is 6.61 Å². The number of benzene rings is 2. The molecule has 1 aliphatic rings. The summed E-state index contributed by atoms with van der Waals surface area (Å²) < 4.78 is 11.6. The molecule has 21 heavy (non-hydrogen) atoms. The van der Waals surface area contributed by atoms with Crippen LogP contribution in [0.5, 0.6) is 11.5 Å². The van der Waals surface area contributed by atoms with Crippen LogP contribution in [-0.4, -0.2) is 18.5 Å². The number of carbonyl (C=O) groups is 2. The molecular weight excluding hydrogens is 385 g/mol. The van der Waals surface area contributed by atoms with Crippen molar-refractivity contribution in [2.24, 2.45) is 0 Å². The molecule has 2 aromatic rings. The highest BCUT2D eigenvalue weighted by Crippen LogP contribution is 2.31. The largest absolute Gasteiger partial charge is 0.482 e. The molecule has 0 saturated heterocycles. The van der Waals surface area contributed by atoms with E-state index in [-0.39, 0.29) is 12.5 Å². The highest BCUT2D eigenvalue weighted by Gasteiger charge is 2.17. The molecule has 1 heterocycles. The van der Waals surface area contributed by atoms with E-state index in [1.54, 1.807) is 30.3 Å². The van der Waals surface area contributed by atoms with Crippen molar-refractivity contribution in [3.63, 3.8) is 0 Å². The number of carbonyl (C=O) groups excluding carboxylic acids is 2. The van der Waals surface area contributed by atoms with Gasteiger partial charge in [-0.15, -0.1) is 0 Å². The molecule has 1 aliphatic heterocycles. The third-order valence-electron chi connectivity index (χ3n) is 2.87. The van der Waals surface area contributed by atoms with Gasteiger partial charge < -0.3 is 14.8 Å². The van der Waals surface area contributed by atoms with E-state index in [2.05, 4.69) is 27.9 Å². The van der Waals surface area contributed by atoms with E-state index >= 15 is 0 Å². The van der Waals surface area contributed by atoms with Gasteiger partial charge in [0.05, 0.1) is 11.3 Å². The van der Waals surface area contributed by atoms with Gasteiger partial charge in [0.2, 0.25) is 0 Å². The second-order valence-electron chi connectivity index (χ2n) is 4.39. The fourth-order valence-electron chi connectivity index (χ4n) is 1.88. The molecule has 0 fully saturated rings. The lowest BCUT2D eigenvalue weighted by Gasteiger charge is -2.18. The van der Waals surface area contributed by atoms with E-state index < -0.39 is 5.97 Å². The second kappa shape index (κ2) is 5.72. The molecular formula is C15H10INO4. The summed E-state index contributed by atoms with van der Waals surface area (Å²) in [7, 11) is 0. The molecule has 0 radical (unpaired) electrons. The third-order valence-corrected chi connectivity index (χ3v) is 3.59. The molecule has 106 valence electrons. The van der Waals surface area contributed by atoms with Crippen LogP contribution in [-0.2, 0) is 4.79 Å². The molecule has 3 rings (SSSR count). The fraction of sp³-hybridized carbons (Fsp3) is 0.0667. The third kappa shape index (κ3) is 3.15. The van der Waals surface area contributed by atoms with E-state index in [0.29, 0.717) is 22.7 Å². The van der Waals surface area contributed by atoms with Crippen molar-refractivity contribution < 1.29 is 19.1 Å². The number of amides is 1. The smallest absolute Gasteiger partial charge is 0.343 e. The van der Waals surface area contributed by atoms with Crippen molar-refractivity contribution in [3.8, 4) is 11.5 Å². The molecule has 0 bridgehead atoms. The highest BCUT2D eigenvalue weighted by atomic mass is 127. The molecule has 0 unspecified atom stereocenters. The Labute approximate surface area is 134 Å². The number of rotatable bonds is 2. The summed E-state index contributed by atoms with van der Waals surface area (Å²) >= 11 is 2.16. The normalized spacial score (nSPS) is 12.9. The zero-order valence-corrected chi connectivity index (χ0v) is 12.9. The maximum Gasteiger partial charge on any atom is 0.343 e. The minimum atomic E-state index is -0.450. The summed E-state index contributed by atoms with van der Waals surface area (Å²) in [6.07, 6.45) is 0. The first-order valence-electron chi connectivity index (χ1n) is 6.16. The number of hydrogen-bond donors (Lipinski definition) is 1. The second-order valence-corrected chi connectivity index (χ2v) is 5.64. The Morgan fingerprint density at radius 3 is 2.71 bits per heavy atom. The summed E-state index contributed by atoms with van der Waals surface area (Å²) in [5.41, 5.74) is 0.965. The molecule has 6 heteroatoms. The maximum atomic E-state index is 12.0. The molecule has 0 atom stereocenters. The van der Waals surface area contributed by atoms with Gasteiger partial charge in [-0.1, -0.05) is 0 Å². The summed E-state index contributed by atoms with van der Waals surface area (Å²) in [4.78, 5) is 23.3. The summed E-state index contributed by atoms with van der Waals surface area (Å²) in [6, 6.07) is 11.9. The van der Waals surface area contributed by atoms with E-state index in [0.717, 1.165) is 3.57 Å². The average Bonchev–Trinajstić information content (AvgIpc) is 2.47. The monoisotopic (exact) mass is 395 g/mol. The Hall–Kier alpha value is -2.09. The molecule has 0 spiro atoms. The Morgan fingerprint density at radius 1 is 1.19 bits per heavy atom. The Bertz CT molecular complexity index is 712. The standard InChI is InChI=1S/C15H10INO4/c16-10-3-1-9(2-4-10)15(19)21-11-5-6-13-12(7-11)17-14(18)8-20-13/h1-7H,8H2,(H,17,18). The summed E-state index contributed by atoms with van der Waals surface area (Å²) in [5.74, 6) is 0.227. The number of anilines is 1. The lowest BCUT2D eigenvalue weighted by atomic mass is 10.2. The summed E-state index contributed by atoms with van der Waals surface area (Å²) in [5, 5.41) is 2.66. The zero-order valence-electron chi connectivity index (χ0n) is 10.8. The van der Waals surface area contributed by atoms with E-state index in [1.807, 2.05) is 12.1 Å². The fourth-order valence-corrected chi connectivity index (χ4v) is 2.24. The van der Waals surface area contributed by atoms with Crippen LogP contribution in [0.3, 0.4) is 0 Å². The van der Waals surface area contributed by atoms with Crippen LogP contribution in [0.15, 0.2) is 42.5 Å². The Balaban J connectivity index is 1.79. The van der Waals surface area contributed by atoms with Crippen LogP contribution >= 0.6 is 22.6 Å². The number of hydrogen-bond acceptors (Lipinski definition) is 4. The van der Waals surface area contributed by atoms with Gasteiger partial charge in [0, 0.05) is 9.64 Å². The Morgan fingerprint density at radius 2 is 1.95 bits per heavy atom. The molecule has 0 aliphatic carbocycles. The van der Waals surface area contributed by atoms with Crippen molar-refractivity contribution in [1.29, 1.82) is 0 Å². The first-order valence-corrected chi connectivity index (χ1v) is 7.24. The van der Waals surface area contributed by atoms with Gasteiger partial charge in [-0.05, 0) is 59.0 Å².